The summed E-state index contributed by atoms with van der Waals surface area (Å²) in [5.74, 6) is 6.15. The summed E-state index contributed by atoms with van der Waals surface area (Å²) in [5, 5.41) is 0. The van der Waals surface area contributed by atoms with Crippen molar-refractivity contribution in [3.8, 4) is 0 Å². The second kappa shape index (κ2) is 5.64. The van der Waals surface area contributed by atoms with E-state index in [2.05, 4.69) is 38.0 Å². The van der Waals surface area contributed by atoms with Crippen molar-refractivity contribution in [2.24, 2.45) is 17.7 Å². The number of nitrogens with one attached hydrogen (secondary N) is 1. The Bertz CT molecular complexity index is 242. The van der Waals surface area contributed by atoms with E-state index >= 15 is 0 Å². The Kier molecular flexibility index (Phi) is 4.74. The van der Waals surface area contributed by atoms with Gasteiger partial charge in [-0.2, -0.15) is 0 Å². The third-order valence-corrected chi connectivity index (χ3v) is 3.82. The van der Waals surface area contributed by atoms with Crippen molar-refractivity contribution in [3.63, 3.8) is 0 Å². The van der Waals surface area contributed by atoms with Crippen molar-refractivity contribution >= 4 is 5.91 Å². The summed E-state index contributed by atoms with van der Waals surface area (Å²) in [6.07, 6.45) is 2.43. The van der Waals surface area contributed by atoms with E-state index in [4.69, 9.17) is 5.84 Å². The molecule has 1 heterocycles. The second-order valence-corrected chi connectivity index (χ2v) is 5.30. The number of rotatable bonds is 3. The Morgan fingerprint density at radius 1 is 1.44 bits per heavy atom. The average Bonchev–Trinajstić information content (AvgIpc) is 2.24. The van der Waals surface area contributed by atoms with Gasteiger partial charge in [-0.25, -0.2) is 5.84 Å². The molecule has 0 bridgehead atoms. The molecule has 0 aromatic rings. The third kappa shape index (κ3) is 2.74. The van der Waals surface area contributed by atoms with Gasteiger partial charge >= 0.3 is 0 Å². The molecule has 3 unspecified atom stereocenters. The molecule has 1 amide bonds. The first-order valence-corrected chi connectivity index (χ1v) is 6.25. The van der Waals surface area contributed by atoms with Crippen LogP contribution < -0.4 is 11.3 Å². The lowest BCUT2D eigenvalue weighted by Crippen LogP contribution is -2.57. The lowest BCUT2D eigenvalue weighted by molar-refractivity contribution is -0.130. The molecule has 3 N–H and O–H groups in total. The average molecular weight is 227 g/mol. The molecule has 1 saturated heterocycles. The Morgan fingerprint density at radius 3 is 2.56 bits per heavy atom. The summed E-state index contributed by atoms with van der Waals surface area (Å²) in [5.41, 5.74) is 2.30. The Labute approximate surface area is 98.5 Å². The fourth-order valence-electron chi connectivity index (χ4n) is 2.68. The van der Waals surface area contributed by atoms with Crippen LogP contribution in [0.2, 0.25) is 0 Å². The van der Waals surface area contributed by atoms with Gasteiger partial charge in [0, 0.05) is 6.04 Å². The van der Waals surface area contributed by atoms with Gasteiger partial charge in [0.2, 0.25) is 0 Å². The number of carbonyl (C=O) groups excluding carboxylic acids is 1. The van der Waals surface area contributed by atoms with Gasteiger partial charge < -0.3 is 0 Å². The summed E-state index contributed by atoms with van der Waals surface area (Å²) >= 11 is 0. The summed E-state index contributed by atoms with van der Waals surface area (Å²) in [6, 6.07) is 0.362. The molecule has 0 radical (unpaired) electrons. The first-order chi connectivity index (χ1) is 7.49. The van der Waals surface area contributed by atoms with Gasteiger partial charge in [-0.1, -0.05) is 20.8 Å². The van der Waals surface area contributed by atoms with E-state index in [1.54, 1.807) is 0 Å². The van der Waals surface area contributed by atoms with Crippen LogP contribution in [0.1, 0.15) is 40.5 Å². The van der Waals surface area contributed by atoms with Crippen molar-refractivity contribution in [1.82, 2.24) is 10.3 Å². The molecule has 4 nitrogen and oxygen atoms in total. The number of amides is 1. The summed E-state index contributed by atoms with van der Waals surface area (Å²) in [4.78, 5) is 14.1. The highest BCUT2D eigenvalue weighted by Gasteiger charge is 2.35. The number of hydrogen-bond donors (Lipinski definition) is 2. The van der Waals surface area contributed by atoms with Gasteiger partial charge in [0.15, 0.2) is 0 Å². The van der Waals surface area contributed by atoms with Crippen LogP contribution in [0.15, 0.2) is 0 Å². The molecular weight excluding hydrogens is 202 g/mol. The molecule has 0 spiro atoms. The zero-order valence-electron chi connectivity index (χ0n) is 10.9. The lowest BCUT2D eigenvalue weighted by atomic mass is 9.88. The molecule has 1 rings (SSSR count). The largest absolute Gasteiger partial charge is 0.293 e. The van der Waals surface area contributed by atoms with Crippen molar-refractivity contribution in [1.29, 1.82) is 0 Å². The van der Waals surface area contributed by atoms with E-state index < -0.39 is 0 Å². The van der Waals surface area contributed by atoms with Crippen LogP contribution in [-0.4, -0.2) is 29.4 Å². The second-order valence-electron chi connectivity index (χ2n) is 5.30. The molecule has 0 saturated carbocycles. The zero-order chi connectivity index (χ0) is 12.3. The molecule has 0 aliphatic carbocycles. The molecule has 16 heavy (non-hydrogen) atoms. The van der Waals surface area contributed by atoms with Gasteiger partial charge in [0.1, 0.15) is 0 Å². The van der Waals surface area contributed by atoms with Crippen LogP contribution in [-0.2, 0) is 4.79 Å². The van der Waals surface area contributed by atoms with Crippen molar-refractivity contribution in [2.75, 3.05) is 6.54 Å². The quantitative estimate of drug-likeness (QED) is 0.431. The molecule has 1 aliphatic heterocycles. The number of hydrogen-bond acceptors (Lipinski definition) is 3. The monoisotopic (exact) mass is 227 g/mol. The maximum Gasteiger partial charge on any atom is 0.251 e. The molecule has 1 aliphatic rings. The fraction of sp³-hybridized carbons (Fsp3) is 0.917. The van der Waals surface area contributed by atoms with Gasteiger partial charge in [0.05, 0.1) is 6.04 Å². The number of likely N-dealkylation sites (tertiary alicyclic amines) is 1. The van der Waals surface area contributed by atoms with Gasteiger partial charge in [-0.3, -0.25) is 15.1 Å². The smallest absolute Gasteiger partial charge is 0.251 e. The number of nitrogens with two attached hydrogens (primary N) is 1. The number of piperidine rings is 1. The highest BCUT2D eigenvalue weighted by Crippen LogP contribution is 2.27. The predicted octanol–water partition coefficient (Wildman–Crippen LogP) is 1.12. The van der Waals surface area contributed by atoms with Crippen LogP contribution in [0.25, 0.3) is 0 Å². The van der Waals surface area contributed by atoms with Crippen LogP contribution >= 0.6 is 0 Å². The lowest BCUT2D eigenvalue weighted by Gasteiger charge is -2.43. The first-order valence-electron chi connectivity index (χ1n) is 6.25. The van der Waals surface area contributed by atoms with E-state index in [0.717, 1.165) is 6.54 Å². The summed E-state index contributed by atoms with van der Waals surface area (Å²) in [6.45, 7) is 9.62. The summed E-state index contributed by atoms with van der Waals surface area (Å²) < 4.78 is 0. The molecule has 0 aromatic carbocycles. The minimum absolute atomic E-state index is 0.0593. The number of nitrogens with zero attached hydrogens (tertiary/aromatic N) is 1. The normalized spacial score (nSPS) is 29.1. The Hall–Kier alpha value is -0.610. The SMILES string of the molecule is CC(C)C(C(=O)NN)N1CCCC(C)C1C. The van der Waals surface area contributed by atoms with Crippen molar-refractivity contribution in [2.45, 2.75) is 52.6 Å². The molecule has 3 atom stereocenters. The van der Waals surface area contributed by atoms with Gasteiger partial charge in [-0.15, -0.1) is 0 Å². The van der Waals surface area contributed by atoms with E-state index in [-0.39, 0.29) is 17.9 Å². The standard InChI is InChI=1S/C12H25N3O/c1-8(2)11(12(16)14-13)15-7-5-6-9(3)10(15)4/h8-11H,5-7,13H2,1-4H3,(H,14,16). The van der Waals surface area contributed by atoms with Crippen molar-refractivity contribution < 1.29 is 4.79 Å². The van der Waals surface area contributed by atoms with E-state index in [1.165, 1.54) is 12.8 Å². The zero-order valence-corrected chi connectivity index (χ0v) is 10.9. The minimum atomic E-state index is -0.0947. The first kappa shape index (κ1) is 13.5. The van der Waals surface area contributed by atoms with Crippen LogP contribution in [0.5, 0.6) is 0 Å². The summed E-state index contributed by atoms with van der Waals surface area (Å²) in [7, 11) is 0. The molecule has 4 heteroatoms. The van der Waals surface area contributed by atoms with E-state index in [0.29, 0.717) is 12.0 Å². The van der Waals surface area contributed by atoms with Crippen LogP contribution in [0.4, 0.5) is 0 Å². The van der Waals surface area contributed by atoms with E-state index in [9.17, 15) is 4.79 Å². The Morgan fingerprint density at radius 2 is 2.06 bits per heavy atom. The highest BCUT2D eigenvalue weighted by atomic mass is 16.2. The van der Waals surface area contributed by atoms with Gasteiger partial charge in [0.25, 0.3) is 5.91 Å². The third-order valence-electron chi connectivity index (χ3n) is 3.82. The molecular formula is C12H25N3O. The number of hydrazine groups is 1. The fourth-order valence-corrected chi connectivity index (χ4v) is 2.68. The number of carbonyl (C=O) groups is 1. The van der Waals surface area contributed by atoms with Gasteiger partial charge in [-0.05, 0) is 38.1 Å². The maximum absolute atomic E-state index is 11.8. The Balaban J connectivity index is 2.80. The van der Waals surface area contributed by atoms with Crippen molar-refractivity contribution in [3.05, 3.63) is 0 Å². The van der Waals surface area contributed by atoms with Crippen LogP contribution in [0, 0.1) is 11.8 Å². The molecule has 94 valence electrons. The predicted molar refractivity (Wildman–Crippen MR) is 65.5 cm³/mol. The van der Waals surface area contributed by atoms with Crippen LogP contribution in [0.3, 0.4) is 0 Å². The maximum atomic E-state index is 11.8. The van der Waals surface area contributed by atoms with E-state index in [1.807, 2.05) is 0 Å². The highest BCUT2D eigenvalue weighted by molar-refractivity contribution is 5.81. The topological polar surface area (TPSA) is 58.4 Å². The molecule has 0 aromatic heterocycles. The minimum Gasteiger partial charge on any atom is -0.293 e. The molecule has 1 fully saturated rings.